The van der Waals surface area contributed by atoms with Crippen LogP contribution in [0.4, 0.5) is 34.2 Å². The number of likely N-dealkylation sites (N-methyl/N-ethyl adjacent to an activating group) is 1. The molecule has 1 amide bonds. The fraction of sp³-hybridized carbons (Fsp3) is 0.280. The van der Waals surface area contributed by atoms with E-state index in [1.807, 2.05) is 0 Å². The maximum Gasteiger partial charge on any atom is 0.490 e. The molecule has 5 N–H and O–H groups in total. The van der Waals surface area contributed by atoms with Gasteiger partial charge in [-0.1, -0.05) is 23.5 Å². The van der Waals surface area contributed by atoms with Crippen LogP contribution in [-0.4, -0.2) is 65.0 Å². The van der Waals surface area contributed by atoms with Crippen molar-refractivity contribution in [3.63, 3.8) is 0 Å². The maximum atomic E-state index is 13.9. The number of hydrogen-bond acceptors (Lipinski definition) is 8. The quantitative estimate of drug-likeness (QED) is 0.245. The number of thiazole rings is 1. The highest BCUT2D eigenvalue weighted by atomic mass is 32.1. The van der Waals surface area contributed by atoms with Crippen LogP contribution in [0.2, 0.25) is 0 Å². The van der Waals surface area contributed by atoms with Gasteiger partial charge in [-0.05, 0) is 62.8 Å². The molecule has 1 aliphatic rings. The molecular weight excluding hydrogens is 542 g/mol. The van der Waals surface area contributed by atoms with Crippen LogP contribution in [0.15, 0.2) is 48.5 Å². The third kappa shape index (κ3) is 7.97. The van der Waals surface area contributed by atoms with Gasteiger partial charge in [-0.2, -0.15) is 13.2 Å². The number of alkyl halides is 3. The van der Waals surface area contributed by atoms with Crippen LogP contribution in [0.5, 0.6) is 0 Å². The van der Waals surface area contributed by atoms with Gasteiger partial charge in [0.05, 0.1) is 5.56 Å². The second-order valence-electron chi connectivity index (χ2n) is 8.53. The standard InChI is InChI=1S/C23H24FN5O2S.C2HF3O2/c1-29-12-4-5-16(29)13-26-22(31)14-8-10-15(11-9-14)27-23-28-21(25)20(32-23)19(30)17-6-2-3-7-18(17)24;3-2(4,5)1(6)7/h2-3,6-11,16H,4-5,12-13,25H2,1H3,(H,26,31)(H,27,28);(H,6,7)/t16-;/m0./s1. The van der Waals surface area contributed by atoms with E-state index in [1.54, 1.807) is 30.3 Å². The number of rotatable bonds is 7. The minimum atomic E-state index is -5.08. The molecule has 3 aromatic rings. The van der Waals surface area contributed by atoms with Crippen LogP contribution in [0.1, 0.15) is 38.4 Å². The first-order valence-electron chi connectivity index (χ1n) is 11.6. The Hall–Kier alpha value is -4.04. The van der Waals surface area contributed by atoms with Crippen molar-refractivity contribution < 1.29 is 37.1 Å². The molecule has 4 rings (SSSR count). The van der Waals surface area contributed by atoms with Gasteiger partial charge in [-0.25, -0.2) is 14.2 Å². The Balaban J connectivity index is 0.000000532. The van der Waals surface area contributed by atoms with E-state index in [0.717, 1.165) is 30.7 Å². The molecule has 1 aliphatic heterocycles. The molecule has 2 aromatic carbocycles. The number of aromatic nitrogens is 1. The minimum Gasteiger partial charge on any atom is -0.475 e. The number of nitrogens with zero attached hydrogens (tertiary/aromatic N) is 2. The van der Waals surface area contributed by atoms with Crippen molar-refractivity contribution in [2.24, 2.45) is 0 Å². The second-order valence-corrected chi connectivity index (χ2v) is 9.53. The van der Waals surface area contributed by atoms with Crippen molar-refractivity contribution in [3.8, 4) is 0 Å². The van der Waals surface area contributed by atoms with Gasteiger partial charge in [0.15, 0.2) is 5.13 Å². The highest BCUT2D eigenvalue weighted by Crippen LogP contribution is 2.30. The molecule has 0 saturated carbocycles. The number of halogens is 4. The molecule has 0 bridgehead atoms. The van der Waals surface area contributed by atoms with Gasteiger partial charge in [0.1, 0.15) is 16.5 Å². The van der Waals surface area contributed by atoms with Crippen molar-refractivity contribution >= 4 is 45.6 Å². The number of carboxylic acids is 1. The Morgan fingerprint density at radius 1 is 1.15 bits per heavy atom. The third-order valence-electron chi connectivity index (χ3n) is 5.79. The molecule has 2 heterocycles. The van der Waals surface area contributed by atoms with Crippen LogP contribution < -0.4 is 16.4 Å². The average molecular weight is 568 g/mol. The Kier molecular flexibility index (Phi) is 9.59. The van der Waals surface area contributed by atoms with E-state index in [0.29, 0.717) is 29.0 Å². The Bertz CT molecular complexity index is 1330. The molecule has 39 heavy (non-hydrogen) atoms. The molecule has 14 heteroatoms. The number of nitrogens with two attached hydrogens (primary N) is 1. The number of amides is 1. The topological polar surface area (TPSA) is 138 Å². The third-order valence-corrected chi connectivity index (χ3v) is 6.77. The van der Waals surface area contributed by atoms with E-state index in [2.05, 4.69) is 27.6 Å². The summed E-state index contributed by atoms with van der Waals surface area (Å²) < 4.78 is 45.7. The van der Waals surface area contributed by atoms with Crippen LogP contribution in [-0.2, 0) is 4.79 Å². The summed E-state index contributed by atoms with van der Waals surface area (Å²) in [7, 11) is 2.07. The van der Waals surface area contributed by atoms with Gasteiger partial charge in [0.2, 0.25) is 5.78 Å². The van der Waals surface area contributed by atoms with Crippen molar-refractivity contribution in [2.75, 3.05) is 31.2 Å². The number of hydrogen-bond donors (Lipinski definition) is 4. The molecule has 0 spiro atoms. The van der Waals surface area contributed by atoms with Crippen molar-refractivity contribution in [2.45, 2.75) is 25.1 Å². The fourth-order valence-corrected chi connectivity index (χ4v) is 4.55. The lowest BCUT2D eigenvalue weighted by atomic mass is 10.1. The van der Waals surface area contributed by atoms with E-state index in [1.165, 1.54) is 18.2 Å². The first-order valence-corrected chi connectivity index (χ1v) is 12.4. The first kappa shape index (κ1) is 29.5. The number of carbonyl (C=O) groups excluding carboxylic acids is 2. The Morgan fingerprint density at radius 2 is 1.79 bits per heavy atom. The largest absolute Gasteiger partial charge is 0.490 e. The SMILES string of the molecule is CN1CCC[C@H]1CNC(=O)c1ccc(Nc2nc(N)c(C(=O)c3ccccc3F)s2)cc1.O=C(O)C(F)(F)F. The summed E-state index contributed by atoms with van der Waals surface area (Å²) in [5.41, 5.74) is 7.10. The number of anilines is 3. The molecule has 9 nitrogen and oxygen atoms in total. The summed E-state index contributed by atoms with van der Waals surface area (Å²) in [6.45, 7) is 1.70. The molecule has 208 valence electrons. The van der Waals surface area contributed by atoms with Crippen molar-refractivity contribution in [1.29, 1.82) is 0 Å². The zero-order valence-electron chi connectivity index (χ0n) is 20.6. The first-order chi connectivity index (χ1) is 18.4. The number of carboxylic acid groups (broad SMARTS) is 1. The minimum absolute atomic E-state index is 0.0404. The van der Waals surface area contributed by atoms with E-state index in [9.17, 15) is 27.2 Å². The molecule has 0 aliphatic carbocycles. The van der Waals surface area contributed by atoms with Crippen molar-refractivity contribution in [3.05, 3.63) is 70.4 Å². The lowest BCUT2D eigenvalue weighted by Gasteiger charge is -2.19. The predicted octanol–water partition coefficient (Wildman–Crippen LogP) is 4.30. The number of nitrogen functional groups attached to an aromatic ring is 1. The van der Waals surface area contributed by atoms with Gasteiger partial charge in [-0.15, -0.1) is 0 Å². The zero-order valence-corrected chi connectivity index (χ0v) is 21.4. The summed E-state index contributed by atoms with van der Waals surface area (Å²) in [4.78, 5) is 40.6. The number of nitrogens with one attached hydrogen (secondary N) is 2. The predicted molar refractivity (Wildman–Crippen MR) is 138 cm³/mol. The van der Waals surface area contributed by atoms with Gasteiger partial charge < -0.3 is 26.4 Å². The molecule has 1 atom stereocenters. The van der Waals surface area contributed by atoms with E-state index >= 15 is 0 Å². The smallest absolute Gasteiger partial charge is 0.475 e. The average Bonchev–Trinajstić information content (AvgIpc) is 3.47. The molecule has 1 saturated heterocycles. The molecular formula is C25H25F4N5O4S. The molecule has 1 aromatic heterocycles. The van der Waals surface area contributed by atoms with Gasteiger partial charge >= 0.3 is 12.1 Å². The number of aliphatic carboxylic acids is 1. The number of carbonyl (C=O) groups is 3. The lowest BCUT2D eigenvalue weighted by Crippen LogP contribution is -2.38. The van der Waals surface area contributed by atoms with Gasteiger partial charge in [0.25, 0.3) is 5.91 Å². The number of ketones is 1. The second kappa shape index (κ2) is 12.7. The monoisotopic (exact) mass is 567 g/mol. The summed E-state index contributed by atoms with van der Waals surface area (Å²) in [6, 6.07) is 13.1. The van der Waals surface area contributed by atoms with Crippen LogP contribution in [0.25, 0.3) is 0 Å². The highest BCUT2D eigenvalue weighted by molar-refractivity contribution is 7.18. The van der Waals surface area contributed by atoms with E-state index < -0.39 is 23.7 Å². The molecule has 0 radical (unpaired) electrons. The molecule has 1 fully saturated rings. The zero-order chi connectivity index (χ0) is 28.7. The normalized spacial score (nSPS) is 15.3. The Morgan fingerprint density at radius 3 is 2.36 bits per heavy atom. The van der Waals surface area contributed by atoms with Crippen molar-refractivity contribution in [1.82, 2.24) is 15.2 Å². The number of likely N-dealkylation sites (tertiary alicyclic amines) is 1. The Labute approximate surface area is 224 Å². The molecule has 0 unspecified atom stereocenters. The van der Waals surface area contributed by atoms with Crippen LogP contribution >= 0.6 is 11.3 Å². The van der Waals surface area contributed by atoms with E-state index in [-0.39, 0.29) is 22.2 Å². The summed E-state index contributed by atoms with van der Waals surface area (Å²) in [6.07, 6.45) is -2.83. The number of benzene rings is 2. The summed E-state index contributed by atoms with van der Waals surface area (Å²) >= 11 is 1.05. The fourth-order valence-electron chi connectivity index (χ4n) is 3.69. The summed E-state index contributed by atoms with van der Waals surface area (Å²) in [5, 5.41) is 13.6. The van der Waals surface area contributed by atoms with Crippen LogP contribution in [0, 0.1) is 5.82 Å². The van der Waals surface area contributed by atoms with Gasteiger partial charge in [-0.3, -0.25) is 9.59 Å². The highest BCUT2D eigenvalue weighted by Gasteiger charge is 2.38. The van der Waals surface area contributed by atoms with Crippen LogP contribution in [0.3, 0.4) is 0 Å². The van der Waals surface area contributed by atoms with E-state index in [4.69, 9.17) is 15.6 Å². The van der Waals surface area contributed by atoms with Gasteiger partial charge in [0, 0.05) is 23.8 Å². The lowest BCUT2D eigenvalue weighted by molar-refractivity contribution is -0.192. The summed E-state index contributed by atoms with van der Waals surface area (Å²) in [5.74, 6) is -3.95. The maximum absolute atomic E-state index is 13.9.